The van der Waals surface area contributed by atoms with Crippen LogP contribution in [0.4, 0.5) is 0 Å². The van der Waals surface area contributed by atoms with E-state index >= 15 is 0 Å². The second kappa shape index (κ2) is 5.97. The summed E-state index contributed by atoms with van der Waals surface area (Å²) in [7, 11) is -0.958. The third kappa shape index (κ3) is 3.00. The predicted molar refractivity (Wildman–Crippen MR) is 84.4 cm³/mol. The first-order valence-corrected chi connectivity index (χ1v) is 8.59. The van der Waals surface area contributed by atoms with Gasteiger partial charge in [-0.05, 0) is 19.1 Å². The van der Waals surface area contributed by atoms with Gasteiger partial charge in [0.15, 0.2) is 0 Å². The number of carbonyl (C=O) groups is 1. The van der Waals surface area contributed by atoms with Gasteiger partial charge in [-0.2, -0.15) is 0 Å². The van der Waals surface area contributed by atoms with E-state index in [0.29, 0.717) is 16.8 Å². The monoisotopic (exact) mass is 308 g/mol. The highest BCUT2D eigenvalue weighted by molar-refractivity contribution is 7.84. The van der Waals surface area contributed by atoms with Crippen molar-refractivity contribution in [1.29, 1.82) is 0 Å². The molecule has 0 spiro atoms. The molecular weight excluding hydrogens is 288 g/mol. The Kier molecular flexibility index (Phi) is 4.46. The molecule has 0 radical (unpaired) electrons. The van der Waals surface area contributed by atoms with Gasteiger partial charge >= 0.3 is 5.97 Å². The number of imidazole rings is 1. The fourth-order valence-corrected chi connectivity index (χ4v) is 3.44. The Balaban J connectivity index is 2.76. The van der Waals surface area contributed by atoms with Crippen LogP contribution in [0.1, 0.15) is 48.9 Å². The first-order chi connectivity index (χ1) is 9.82. The quantitative estimate of drug-likeness (QED) is 0.922. The number of carboxylic acids is 1. The van der Waals surface area contributed by atoms with E-state index in [1.165, 1.54) is 0 Å². The number of carboxylic acid groups (broad SMARTS) is 1. The number of hydrogen-bond acceptors (Lipinski definition) is 3. The molecule has 1 N–H and O–H groups in total. The Morgan fingerprint density at radius 1 is 1.38 bits per heavy atom. The Morgan fingerprint density at radius 2 is 2.05 bits per heavy atom. The fourth-order valence-electron chi connectivity index (χ4n) is 2.61. The number of aromatic carboxylic acids is 1. The molecule has 1 heterocycles. The average Bonchev–Trinajstić information content (AvgIpc) is 2.76. The number of rotatable bonds is 5. The van der Waals surface area contributed by atoms with Crippen LogP contribution in [0.3, 0.4) is 0 Å². The maximum Gasteiger partial charge on any atom is 0.337 e. The van der Waals surface area contributed by atoms with Crippen molar-refractivity contribution >= 4 is 27.8 Å². The van der Waals surface area contributed by atoms with E-state index in [0.717, 1.165) is 5.82 Å². The van der Waals surface area contributed by atoms with Crippen LogP contribution in [0, 0.1) is 0 Å². The zero-order chi connectivity index (χ0) is 15.7. The molecule has 2 atom stereocenters. The smallest absolute Gasteiger partial charge is 0.337 e. The van der Waals surface area contributed by atoms with Crippen molar-refractivity contribution in [3.05, 3.63) is 29.6 Å². The number of aromatic nitrogens is 2. The summed E-state index contributed by atoms with van der Waals surface area (Å²) < 4.78 is 13.5. The number of para-hydroxylation sites is 1. The normalized spacial score (nSPS) is 14.5. The number of hydrogen-bond donors (Lipinski definition) is 1. The second-order valence-electron chi connectivity index (χ2n) is 5.56. The van der Waals surface area contributed by atoms with Crippen LogP contribution in [0.2, 0.25) is 0 Å². The summed E-state index contributed by atoms with van der Waals surface area (Å²) in [5, 5.41) is 9.42. The molecule has 0 bridgehead atoms. The predicted octanol–water partition coefficient (Wildman–Crippen LogP) is 2.80. The highest BCUT2D eigenvalue weighted by Crippen LogP contribution is 2.28. The molecule has 2 unspecified atom stereocenters. The van der Waals surface area contributed by atoms with E-state index in [-0.39, 0.29) is 17.5 Å². The molecule has 2 rings (SSSR count). The van der Waals surface area contributed by atoms with Gasteiger partial charge < -0.3 is 9.67 Å². The van der Waals surface area contributed by atoms with Crippen LogP contribution >= 0.6 is 0 Å². The van der Waals surface area contributed by atoms with Crippen LogP contribution in [0.15, 0.2) is 18.2 Å². The van der Waals surface area contributed by atoms with Gasteiger partial charge in [0.1, 0.15) is 5.82 Å². The Labute approximate surface area is 126 Å². The summed E-state index contributed by atoms with van der Waals surface area (Å²) in [5.74, 6) is 0.490. The standard InChI is InChI=1S/C15H20N2O3S/c1-9(2)14-16-12-7-5-6-11(15(18)19)13(12)17(14)10(3)8-21(4)20/h5-7,9-10H,8H2,1-4H3,(H,18,19). The minimum atomic E-state index is -0.970. The maximum atomic E-state index is 11.5. The summed E-state index contributed by atoms with van der Waals surface area (Å²) in [6, 6.07) is 5.04. The summed E-state index contributed by atoms with van der Waals surface area (Å²) in [6.07, 6.45) is 1.66. The summed E-state index contributed by atoms with van der Waals surface area (Å²) in [4.78, 5) is 16.1. The van der Waals surface area contributed by atoms with E-state index in [2.05, 4.69) is 4.98 Å². The van der Waals surface area contributed by atoms with Crippen LogP contribution in [0.5, 0.6) is 0 Å². The van der Waals surface area contributed by atoms with Gasteiger partial charge in [0.25, 0.3) is 0 Å². The van der Waals surface area contributed by atoms with Crippen LogP contribution in [0.25, 0.3) is 11.0 Å². The van der Waals surface area contributed by atoms with Crippen molar-refractivity contribution in [2.45, 2.75) is 32.7 Å². The van der Waals surface area contributed by atoms with Crippen molar-refractivity contribution < 1.29 is 14.1 Å². The summed E-state index contributed by atoms with van der Waals surface area (Å²) in [5.41, 5.74) is 1.53. The third-order valence-corrected chi connectivity index (χ3v) is 4.35. The van der Waals surface area contributed by atoms with Crippen molar-refractivity contribution in [2.24, 2.45) is 0 Å². The topological polar surface area (TPSA) is 72.2 Å². The molecule has 0 aliphatic heterocycles. The van der Waals surface area contributed by atoms with Crippen molar-refractivity contribution in [3.63, 3.8) is 0 Å². The molecule has 0 aliphatic rings. The zero-order valence-corrected chi connectivity index (χ0v) is 13.5. The van der Waals surface area contributed by atoms with Crippen LogP contribution < -0.4 is 0 Å². The molecular formula is C15H20N2O3S. The molecule has 0 fully saturated rings. The van der Waals surface area contributed by atoms with Gasteiger partial charge in [-0.1, -0.05) is 19.9 Å². The van der Waals surface area contributed by atoms with Gasteiger partial charge in [0.05, 0.1) is 16.6 Å². The molecule has 6 heteroatoms. The lowest BCUT2D eigenvalue weighted by molar-refractivity contribution is 0.0698. The summed E-state index contributed by atoms with van der Waals surface area (Å²) >= 11 is 0. The molecule has 114 valence electrons. The van der Waals surface area contributed by atoms with Crippen LogP contribution in [-0.2, 0) is 10.8 Å². The largest absolute Gasteiger partial charge is 0.478 e. The van der Waals surface area contributed by atoms with Gasteiger partial charge in [0, 0.05) is 34.8 Å². The molecule has 0 aliphatic carbocycles. The molecule has 0 saturated carbocycles. The van der Waals surface area contributed by atoms with Gasteiger partial charge in [-0.25, -0.2) is 9.78 Å². The lowest BCUT2D eigenvalue weighted by Gasteiger charge is -2.19. The molecule has 1 aromatic carbocycles. The summed E-state index contributed by atoms with van der Waals surface area (Å²) in [6.45, 7) is 5.99. The number of nitrogens with zero attached hydrogens (tertiary/aromatic N) is 2. The average molecular weight is 308 g/mol. The van der Waals surface area contributed by atoms with Gasteiger partial charge in [-0.15, -0.1) is 0 Å². The first-order valence-electron chi connectivity index (χ1n) is 6.87. The maximum absolute atomic E-state index is 11.5. The highest BCUT2D eigenvalue weighted by Gasteiger charge is 2.22. The molecule has 1 aromatic heterocycles. The Hall–Kier alpha value is -1.69. The molecule has 0 saturated heterocycles. The molecule has 0 amide bonds. The Bertz CT molecular complexity index is 706. The zero-order valence-electron chi connectivity index (χ0n) is 12.7. The SMILES string of the molecule is CC(C)c1nc2cccc(C(=O)O)c2n1C(C)CS(C)=O. The van der Waals surface area contributed by atoms with Crippen molar-refractivity contribution in [1.82, 2.24) is 9.55 Å². The van der Waals surface area contributed by atoms with Gasteiger partial charge in [0.2, 0.25) is 0 Å². The van der Waals surface area contributed by atoms with Gasteiger partial charge in [-0.3, -0.25) is 4.21 Å². The van der Waals surface area contributed by atoms with E-state index in [1.54, 1.807) is 18.4 Å². The minimum absolute atomic E-state index is 0.0706. The van der Waals surface area contributed by atoms with Crippen molar-refractivity contribution in [2.75, 3.05) is 12.0 Å². The fraction of sp³-hybridized carbons (Fsp3) is 0.467. The molecule has 21 heavy (non-hydrogen) atoms. The second-order valence-corrected chi connectivity index (χ2v) is 7.04. The number of fused-ring (bicyclic) bond motifs is 1. The molecule has 2 aromatic rings. The first kappa shape index (κ1) is 15.7. The lowest BCUT2D eigenvalue weighted by atomic mass is 10.1. The van der Waals surface area contributed by atoms with E-state index < -0.39 is 16.8 Å². The lowest BCUT2D eigenvalue weighted by Crippen LogP contribution is -2.17. The third-order valence-electron chi connectivity index (χ3n) is 3.40. The van der Waals surface area contributed by atoms with E-state index in [1.807, 2.05) is 31.4 Å². The number of benzene rings is 1. The minimum Gasteiger partial charge on any atom is -0.478 e. The highest BCUT2D eigenvalue weighted by atomic mass is 32.2. The molecule has 5 nitrogen and oxygen atoms in total. The van der Waals surface area contributed by atoms with E-state index in [4.69, 9.17) is 0 Å². The Morgan fingerprint density at radius 3 is 2.57 bits per heavy atom. The van der Waals surface area contributed by atoms with Crippen LogP contribution in [-0.4, -0.2) is 36.8 Å². The van der Waals surface area contributed by atoms with E-state index in [9.17, 15) is 14.1 Å². The van der Waals surface area contributed by atoms with Crippen molar-refractivity contribution in [3.8, 4) is 0 Å².